The summed E-state index contributed by atoms with van der Waals surface area (Å²) >= 11 is 0. The molecule has 8 nitrogen and oxygen atoms in total. The number of piperidine rings is 1. The molecule has 0 radical (unpaired) electrons. The van der Waals surface area contributed by atoms with Crippen molar-refractivity contribution in [2.75, 3.05) is 6.54 Å². The van der Waals surface area contributed by atoms with E-state index in [0.717, 1.165) is 12.1 Å². The third-order valence-electron chi connectivity index (χ3n) is 3.91. The molecule has 1 heterocycles. The fraction of sp³-hybridized carbons (Fsp3) is 0.429. The molecule has 1 fully saturated rings. The van der Waals surface area contributed by atoms with E-state index in [1.807, 2.05) is 6.92 Å². The van der Waals surface area contributed by atoms with Gasteiger partial charge < -0.3 is 15.1 Å². The first-order chi connectivity index (χ1) is 10.3. The smallest absolute Gasteiger partial charge is 0.310 e. The number of carboxylic acids is 1. The fourth-order valence-corrected chi connectivity index (χ4v) is 2.57. The van der Waals surface area contributed by atoms with Crippen molar-refractivity contribution >= 4 is 17.6 Å². The molecular weight excluding hydrogens is 292 g/mol. The van der Waals surface area contributed by atoms with Crippen LogP contribution < -0.4 is 0 Å². The molecule has 2 atom stereocenters. The lowest BCUT2D eigenvalue weighted by atomic mass is 9.93. The Balaban J connectivity index is 2.24. The number of nitro groups is 1. The van der Waals surface area contributed by atoms with Gasteiger partial charge in [-0.05, 0) is 31.9 Å². The van der Waals surface area contributed by atoms with Crippen LogP contribution in [-0.2, 0) is 4.79 Å². The zero-order chi connectivity index (χ0) is 16.4. The molecule has 1 aromatic carbocycles. The minimum Gasteiger partial charge on any atom is -0.502 e. The Labute approximate surface area is 126 Å². The summed E-state index contributed by atoms with van der Waals surface area (Å²) in [4.78, 5) is 34.9. The van der Waals surface area contributed by atoms with E-state index >= 15 is 0 Å². The number of phenolic OH excluding ortho intramolecular Hbond substituents is 1. The molecule has 2 N–H and O–H groups in total. The van der Waals surface area contributed by atoms with Crippen LogP contribution in [0.4, 0.5) is 5.69 Å². The SMILES string of the molecule is CC1CCC(C(=O)O)CN1C(=O)c1ccc([N+](=O)[O-])c(O)c1. The highest BCUT2D eigenvalue weighted by Crippen LogP contribution is 2.29. The van der Waals surface area contributed by atoms with E-state index in [9.17, 15) is 24.8 Å². The average Bonchev–Trinajstić information content (AvgIpc) is 2.46. The number of phenols is 1. The minimum absolute atomic E-state index is 0.0904. The van der Waals surface area contributed by atoms with Gasteiger partial charge in [0, 0.05) is 24.2 Å². The maximum atomic E-state index is 12.5. The van der Waals surface area contributed by atoms with Crippen LogP contribution in [0.3, 0.4) is 0 Å². The molecule has 1 aromatic rings. The van der Waals surface area contributed by atoms with E-state index in [1.54, 1.807) is 0 Å². The Morgan fingerprint density at radius 2 is 2.05 bits per heavy atom. The van der Waals surface area contributed by atoms with E-state index in [-0.39, 0.29) is 18.2 Å². The second-order valence-electron chi connectivity index (χ2n) is 5.38. The van der Waals surface area contributed by atoms with E-state index in [0.29, 0.717) is 12.8 Å². The van der Waals surface area contributed by atoms with Crippen LogP contribution in [0, 0.1) is 16.0 Å². The zero-order valence-corrected chi connectivity index (χ0v) is 11.9. The molecule has 0 bridgehead atoms. The van der Waals surface area contributed by atoms with Crippen molar-refractivity contribution in [2.24, 2.45) is 5.92 Å². The van der Waals surface area contributed by atoms with Crippen LogP contribution in [0.25, 0.3) is 0 Å². The lowest BCUT2D eigenvalue weighted by molar-refractivity contribution is -0.385. The lowest BCUT2D eigenvalue weighted by Gasteiger charge is -2.36. The van der Waals surface area contributed by atoms with Crippen LogP contribution in [0.2, 0.25) is 0 Å². The van der Waals surface area contributed by atoms with Gasteiger partial charge >= 0.3 is 11.7 Å². The highest BCUT2D eigenvalue weighted by atomic mass is 16.6. The Bertz CT molecular complexity index is 630. The summed E-state index contributed by atoms with van der Waals surface area (Å²) in [6.45, 7) is 1.91. The summed E-state index contributed by atoms with van der Waals surface area (Å²) < 4.78 is 0. The number of benzene rings is 1. The predicted octanol–water partition coefficient (Wildman–Crippen LogP) is 1.63. The van der Waals surface area contributed by atoms with Crippen molar-refractivity contribution in [3.05, 3.63) is 33.9 Å². The summed E-state index contributed by atoms with van der Waals surface area (Å²) in [6.07, 6.45) is 1.08. The van der Waals surface area contributed by atoms with E-state index < -0.39 is 34.2 Å². The maximum Gasteiger partial charge on any atom is 0.310 e. The first kappa shape index (κ1) is 15.7. The third-order valence-corrected chi connectivity index (χ3v) is 3.91. The standard InChI is InChI=1S/C14H16N2O6/c1-8-2-3-10(14(19)20)7-15(8)13(18)9-4-5-11(16(21)22)12(17)6-9/h4-6,8,10,17H,2-3,7H2,1H3,(H,19,20). The molecule has 0 saturated carbocycles. The van der Waals surface area contributed by atoms with Gasteiger partial charge in [-0.25, -0.2) is 0 Å². The topological polar surface area (TPSA) is 121 Å². The molecule has 1 aliphatic rings. The molecule has 1 saturated heterocycles. The van der Waals surface area contributed by atoms with E-state index in [4.69, 9.17) is 5.11 Å². The average molecular weight is 308 g/mol. The number of aliphatic carboxylic acids is 1. The number of rotatable bonds is 3. The Morgan fingerprint density at radius 3 is 2.59 bits per heavy atom. The van der Waals surface area contributed by atoms with Crippen molar-refractivity contribution in [2.45, 2.75) is 25.8 Å². The highest BCUT2D eigenvalue weighted by Gasteiger charge is 2.33. The normalized spacial score (nSPS) is 21.4. The number of hydrogen-bond donors (Lipinski definition) is 2. The van der Waals surface area contributed by atoms with Gasteiger partial charge in [-0.1, -0.05) is 0 Å². The van der Waals surface area contributed by atoms with Gasteiger partial charge in [0.15, 0.2) is 5.75 Å². The van der Waals surface area contributed by atoms with Gasteiger partial charge in [0.2, 0.25) is 0 Å². The monoisotopic (exact) mass is 308 g/mol. The number of nitro benzene ring substituents is 1. The van der Waals surface area contributed by atoms with Crippen molar-refractivity contribution in [1.82, 2.24) is 4.90 Å². The number of likely N-dealkylation sites (tertiary alicyclic amines) is 1. The van der Waals surface area contributed by atoms with Crippen LogP contribution in [-0.4, -0.2) is 44.5 Å². The molecule has 22 heavy (non-hydrogen) atoms. The molecule has 0 spiro atoms. The molecular formula is C14H16N2O6. The fourth-order valence-electron chi connectivity index (χ4n) is 2.57. The number of carbonyl (C=O) groups is 2. The summed E-state index contributed by atoms with van der Waals surface area (Å²) in [5.74, 6) is -2.60. The molecule has 0 aliphatic carbocycles. The highest BCUT2D eigenvalue weighted by molar-refractivity contribution is 5.95. The van der Waals surface area contributed by atoms with E-state index in [1.165, 1.54) is 11.0 Å². The van der Waals surface area contributed by atoms with Crippen molar-refractivity contribution in [3.63, 3.8) is 0 Å². The summed E-state index contributed by atoms with van der Waals surface area (Å²) in [6, 6.07) is 3.24. The quantitative estimate of drug-likeness (QED) is 0.646. The number of aromatic hydroxyl groups is 1. The number of nitrogens with zero attached hydrogens (tertiary/aromatic N) is 2. The van der Waals surface area contributed by atoms with Gasteiger partial charge in [0.1, 0.15) is 0 Å². The second kappa shape index (κ2) is 6.00. The van der Waals surface area contributed by atoms with Crippen molar-refractivity contribution in [1.29, 1.82) is 0 Å². The minimum atomic E-state index is -0.948. The second-order valence-corrected chi connectivity index (χ2v) is 5.38. The molecule has 1 amide bonds. The molecule has 118 valence electrons. The largest absolute Gasteiger partial charge is 0.502 e. The van der Waals surface area contributed by atoms with Crippen LogP contribution >= 0.6 is 0 Å². The van der Waals surface area contributed by atoms with Crippen LogP contribution in [0.15, 0.2) is 18.2 Å². The Morgan fingerprint density at radius 1 is 1.36 bits per heavy atom. The summed E-state index contributed by atoms with van der Waals surface area (Å²) in [5, 5.41) is 29.4. The number of carbonyl (C=O) groups excluding carboxylic acids is 1. The number of hydrogen-bond acceptors (Lipinski definition) is 5. The first-order valence-electron chi connectivity index (χ1n) is 6.82. The van der Waals surface area contributed by atoms with Crippen molar-refractivity contribution < 1.29 is 24.7 Å². The molecule has 8 heteroatoms. The summed E-state index contributed by atoms with van der Waals surface area (Å²) in [5.41, 5.74) is -0.382. The van der Waals surface area contributed by atoms with Gasteiger partial charge in [0.25, 0.3) is 5.91 Å². The molecule has 0 aromatic heterocycles. The van der Waals surface area contributed by atoms with Gasteiger partial charge in [-0.3, -0.25) is 19.7 Å². The molecule has 2 unspecified atom stereocenters. The predicted molar refractivity (Wildman–Crippen MR) is 75.6 cm³/mol. The van der Waals surface area contributed by atoms with Crippen LogP contribution in [0.1, 0.15) is 30.1 Å². The third kappa shape index (κ3) is 3.00. The molecule has 1 aliphatic heterocycles. The Hall–Kier alpha value is -2.64. The van der Waals surface area contributed by atoms with Gasteiger partial charge in [-0.15, -0.1) is 0 Å². The maximum absolute atomic E-state index is 12.5. The lowest BCUT2D eigenvalue weighted by Crippen LogP contribution is -2.47. The van der Waals surface area contributed by atoms with E-state index in [2.05, 4.69) is 0 Å². The molecule has 2 rings (SSSR count). The van der Waals surface area contributed by atoms with Gasteiger partial charge in [0.05, 0.1) is 10.8 Å². The zero-order valence-electron chi connectivity index (χ0n) is 11.9. The van der Waals surface area contributed by atoms with Gasteiger partial charge in [-0.2, -0.15) is 0 Å². The van der Waals surface area contributed by atoms with Crippen LogP contribution in [0.5, 0.6) is 5.75 Å². The Kier molecular flexibility index (Phi) is 4.30. The number of carboxylic acid groups (broad SMARTS) is 1. The number of amides is 1. The van der Waals surface area contributed by atoms with Crippen molar-refractivity contribution in [3.8, 4) is 5.75 Å². The first-order valence-corrected chi connectivity index (χ1v) is 6.82. The summed E-state index contributed by atoms with van der Waals surface area (Å²) in [7, 11) is 0.